The van der Waals surface area contributed by atoms with E-state index in [0.717, 1.165) is 42.5 Å². The van der Waals surface area contributed by atoms with Crippen LogP contribution in [0, 0.1) is 0 Å². The van der Waals surface area contributed by atoms with Crippen LogP contribution in [-0.2, 0) is 16.0 Å². The van der Waals surface area contributed by atoms with Crippen molar-refractivity contribution in [1.82, 2.24) is 20.2 Å². The van der Waals surface area contributed by atoms with Gasteiger partial charge in [0, 0.05) is 36.1 Å². The Morgan fingerprint density at radius 2 is 1.94 bits per heavy atom. The second kappa shape index (κ2) is 12.7. The van der Waals surface area contributed by atoms with E-state index in [0.29, 0.717) is 24.8 Å². The van der Waals surface area contributed by atoms with Crippen LogP contribution < -0.4 is 10.6 Å². The van der Waals surface area contributed by atoms with E-state index in [4.69, 9.17) is 9.72 Å². The van der Waals surface area contributed by atoms with Gasteiger partial charge in [-0.25, -0.2) is 4.98 Å². The zero-order chi connectivity index (χ0) is 24.5. The maximum absolute atomic E-state index is 12.7. The molecular weight excluding hydrogens is 448 g/mol. The zero-order valence-corrected chi connectivity index (χ0v) is 21.4. The molecule has 3 aromatic rings. The summed E-state index contributed by atoms with van der Waals surface area (Å²) in [5, 5.41) is 7.59. The number of hydrogen-bond donors (Lipinski definition) is 2. The van der Waals surface area contributed by atoms with Crippen molar-refractivity contribution in [2.24, 2.45) is 0 Å². The lowest BCUT2D eigenvalue weighted by Crippen LogP contribution is -2.37. The summed E-state index contributed by atoms with van der Waals surface area (Å²) in [7, 11) is 0. The third-order valence-corrected chi connectivity index (χ3v) is 6.63. The number of aromatic nitrogens is 2. The smallest absolute Gasteiger partial charge is 0.251 e. The van der Waals surface area contributed by atoms with E-state index in [2.05, 4.69) is 46.6 Å². The third-order valence-electron chi connectivity index (χ3n) is 5.75. The Kier molecular flexibility index (Phi) is 9.65. The molecular formula is C26H36N4O3S. The number of nitrogens with zero attached hydrogens (tertiary/aromatic N) is 2. The summed E-state index contributed by atoms with van der Waals surface area (Å²) < 4.78 is 7.78. The number of carbonyl (C=O) groups is 2. The van der Waals surface area contributed by atoms with Crippen molar-refractivity contribution in [3.63, 3.8) is 0 Å². The van der Waals surface area contributed by atoms with E-state index >= 15 is 0 Å². The Hall–Kier alpha value is -2.71. The van der Waals surface area contributed by atoms with E-state index in [1.807, 2.05) is 32.0 Å². The van der Waals surface area contributed by atoms with E-state index in [1.54, 1.807) is 11.3 Å². The van der Waals surface area contributed by atoms with Gasteiger partial charge in [-0.2, -0.15) is 0 Å². The van der Waals surface area contributed by atoms with E-state index in [9.17, 15) is 9.59 Å². The SMILES string of the molecule is CCC(CC)n1c(Cc2cccs2)nc2cc(C(=O)NCC(=O)NCCCOC(C)C)ccc21. The van der Waals surface area contributed by atoms with Crippen molar-refractivity contribution in [2.45, 2.75) is 65.5 Å². The van der Waals surface area contributed by atoms with Gasteiger partial charge in [0.15, 0.2) is 0 Å². The molecule has 2 aromatic heterocycles. The molecule has 34 heavy (non-hydrogen) atoms. The average Bonchev–Trinajstić information content (AvgIpc) is 3.45. The number of ether oxygens (including phenoxy) is 1. The van der Waals surface area contributed by atoms with Crippen molar-refractivity contribution >= 4 is 34.2 Å². The van der Waals surface area contributed by atoms with E-state index < -0.39 is 0 Å². The van der Waals surface area contributed by atoms with Gasteiger partial charge in [0.05, 0.1) is 23.7 Å². The molecule has 8 heteroatoms. The molecule has 1 aromatic carbocycles. The number of carbonyl (C=O) groups excluding carboxylic acids is 2. The Labute approximate surface area is 205 Å². The highest BCUT2D eigenvalue weighted by Gasteiger charge is 2.19. The van der Waals surface area contributed by atoms with Crippen molar-refractivity contribution in [2.75, 3.05) is 19.7 Å². The molecule has 3 rings (SSSR count). The number of thiophene rings is 1. The first kappa shape index (κ1) is 25.9. The van der Waals surface area contributed by atoms with Crippen LogP contribution in [0.5, 0.6) is 0 Å². The second-order valence-electron chi connectivity index (χ2n) is 8.63. The molecule has 0 unspecified atom stereocenters. The van der Waals surface area contributed by atoms with Crippen LogP contribution >= 0.6 is 11.3 Å². The molecule has 2 N–H and O–H groups in total. The Balaban J connectivity index is 1.67. The van der Waals surface area contributed by atoms with Gasteiger partial charge in [-0.1, -0.05) is 19.9 Å². The van der Waals surface area contributed by atoms with Crippen LogP contribution in [0.3, 0.4) is 0 Å². The van der Waals surface area contributed by atoms with Crippen molar-refractivity contribution < 1.29 is 14.3 Å². The van der Waals surface area contributed by atoms with Gasteiger partial charge in [0.1, 0.15) is 5.82 Å². The summed E-state index contributed by atoms with van der Waals surface area (Å²) in [6, 6.07) is 10.2. The quantitative estimate of drug-likeness (QED) is 0.344. The van der Waals surface area contributed by atoms with Gasteiger partial charge >= 0.3 is 0 Å². The predicted octanol–water partition coefficient (Wildman–Crippen LogP) is 4.71. The molecule has 0 aliphatic carbocycles. The molecule has 2 heterocycles. The normalized spacial score (nSPS) is 11.5. The molecule has 0 atom stereocenters. The maximum Gasteiger partial charge on any atom is 0.251 e. The lowest BCUT2D eigenvalue weighted by Gasteiger charge is -2.18. The summed E-state index contributed by atoms with van der Waals surface area (Å²) in [5.74, 6) is 0.525. The maximum atomic E-state index is 12.7. The molecule has 7 nitrogen and oxygen atoms in total. The minimum Gasteiger partial charge on any atom is -0.379 e. The molecule has 0 aliphatic heterocycles. The molecule has 2 amide bonds. The number of imidazole rings is 1. The second-order valence-corrected chi connectivity index (χ2v) is 9.67. The number of rotatable bonds is 13. The monoisotopic (exact) mass is 484 g/mol. The molecule has 0 spiro atoms. The Morgan fingerprint density at radius 3 is 2.62 bits per heavy atom. The predicted molar refractivity (Wildman–Crippen MR) is 138 cm³/mol. The Morgan fingerprint density at radius 1 is 1.15 bits per heavy atom. The Bertz CT molecular complexity index is 1070. The van der Waals surface area contributed by atoms with Crippen molar-refractivity contribution in [1.29, 1.82) is 0 Å². The highest BCUT2D eigenvalue weighted by atomic mass is 32.1. The summed E-state index contributed by atoms with van der Waals surface area (Å²) in [5.41, 5.74) is 2.35. The van der Waals surface area contributed by atoms with Crippen molar-refractivity contribution in [3.8, 4) is 0 Å². The molecule has 0 aliphatic rings. The molecule has 184 valence electrons. The first-order valence-electron chi connectivity index (χ1n) is 12.1. The van der Waals surface area contributed by atoms with Crippen LogP contribution in [-0.4, -0.2) is 47.2 Å². The molecule has 0 radical (unpaired) electrons. The number of hydrogen-bond acceptors (Lipinski definition) is 5. The fourth-order valence-electron chi connectivity index (χ4n) is 3.99. The minimum atomic E-state index is -0.280. The topological polar surface area (TPSA) is 85.2 Å². The number of nitrogens with one attached hydrogen (secondary N) is 2. The van der Waals surface area contributed by atoms with E-state index in [1.165, 1.54) is 4.88 Å². The van der Waals surface area contributed by atoms with E-state index in [-0.39, 0.29) is 24.5 Å². The largest absolute Gasteiger partial charge is 0.379 e. The number of fused-ring (bicyclic) bond motifs is 1. The average molecular weight is 485 g/mol. The van der Waals surface area contributed by atoms with Gasteiger partial charge in [0.2, 0.25) is 5.91 Å². The molecule has 0 saturated heterocycles. The lowest BCUT2D eigenvalue weighted by molar-refractivity contribution is -0.120. The van der Waals surface area contributed by atoms with Gasteiger partial charge in [-0.05, 0) is 62.8 Å². The van der Waals surface area contributed by atoms with Crippen LogP contribution in [0.25, 0.3) is 11.0 Å². The first-order valence-corrected chi connectivity index (χ1v) is 13.0. The minimum absolute atomic E-state index is 0.0618. The summed E-state index contributed by atoms with van der Waals surface area (Å²) in [6.07, 6.45) is 3.72. The van der Waals surface area contributed by atoms with Crippen LogP contribution in [0.2, 0.25) is 0 Å². The molecule has 0 fully saturated rings. The fraction of sp³-hybridized carbons (Fsp3) is 0.500. The third kappa shape index (κ3) is 6.90. The van der Waals surface area contributed by atoms with Gasteiger partial charge in [-0.3, -0.25) is 9.59 Å². The zero-order valence-electron chi connectivity index (χ0n) is 20.6. The van der Waals surface area contributed by atoms with Gasteiger partial charge < -0.3 is 19.9 Å². The summed E-state index contributed by atoms with van der Waals surface area (Å²) >= 11 is 1.73. The number of amides is 2. The first-order chi connectivity index (χ1) is 16.4. The van der Waals surface area contributed by atoms with Gasteiger partial charge in [-0.15, -0.1) is 11.3 Å². The van der Waals surface area contributed by atoms with Crippen molar-refractivity contribution in [3.05, 3.63) is 52.0 Å². The van der Waals surface area contributed by atoms with Gasteiger partial charge in [0.25, 0.3) is 5.91 Å². The van der Waals surface area contributed by atoms with Crippen LogP contribution in [0.15, 0.2) is 35.7 Å². The van der Waals surface area contributed by atoms with Crippen LogP contribution in [0.1, 0.15) is 74.1 Å². The standard InChI is InChI=1S/C26H36N4O3S/c1-5-20(6-2)30-23-11-10-19(15-22(23)29-24(30)16-21-9-7-14-34-21)26(32)28-17-25(31)27-12-8-13-33-18(3)4/h7,9-11,14-15,18,20H,5-6,8,12-13,16-17H2,1-4H3,(H,27,31)(H,28,32). The molecule has 0 bridgehead atoms. The fourth-order valence-corrected chi connectivity index (χ4v) is 4.69. The summed E-state index contributed by atoms with van der Waals surface area (Å²) in [6.45, 7) is 9.40. The summed E-state index contributed by atoms with van der Waals surface area (Å²) in [4.78, 5) is 30.9. The molecule has 0 saturated carbocycles. The highest BCUT2D eigenvalue weighted by molar-refractivity contribution is 7.09. The van der Waals surface area contributed by atoms with Crippen LogP contribution in [0.4, 0.5) is 0 Å². The number of benzene rings is 1. The lowest BCUT2D eigenvalue weighted by atomic mass is 10.1. The highest BCUT2D eigenvalue weighted by Crippen LogP contribution is 2.28.